The van der Waals surface area contributed by atoms with Crippen molar-refractivity contribution < 1.29 is 28.5 Å². The fraction of sp³-hybridized carbons (Fsp3) is 0.304. The summed E-state index contributed by atoms with van der Waals surface area (Å²) >= 11 is 0. The molecule has 0 aromatic heterocycles. The van der Waals surface area contributed by atoms with Crippen LogP contribution < -0.4 is 29.6 Å². The molecule has 13 heteroatoms. The summed E-state index contributed by atoms with van der Waals surface area (Å²) in [5.41, 5.74) is 14.0. The molecule has 5 aliphatic rings. The van der Waals surface area contributed by atoms with Crippen LogP contribution in [0.4, 0.5) is 22.7 Å². The molecule has 1 unspecified atom stereocenters. The first-order valence-electron chi connectivity index (χ1n) is 20.0. The Bertz CT molecular complexity index is 2400. The number of aliphatic imine (C=N–C) groups is 2. The molecule has 2 atom stereocenters. The van der Waals surface area contributed by atoms with Crippen LogP contribution in [-0.4, -0.2) is 112 Å². The number of methoxy groups -OCH3 is 2. The second-order valence-corrected chi connectivity index (χ2v) is 15.4. The Balaban J connectivity index is 0.824. The molecule has 13 nitrogen and oxygen atoms in total. The van der Waals surface area contributed by atoms with Gasteiger partial charge >= 0.3 is 0 Å². The first-order valence-corrected chi connectivity index (χ1v) is 20.0. The number of nitrogens with two attached hydrogens (primary N) is 1. The van der Waals surface area contributed by atoms with Gasteiger partial charge in [0.15, 0.2) is 23.0 Å². The van der Waals surface area contributed by atoms with Gasteiger partial charge in [0.25, 0.3) is 11.8 Å². The van der Waals surface area contributed by atoms with Crippen LogP contribution >= 0.6 is 0 Å². The summed E-state index contributed by atoms with van der Waals surface area (Å²) in [5, 5.41) is 0. The molecular formula is C46H47N7O6. The van der Waals surface area contributed by atoms with Crippen molar-refractivity contribution in [3.8, 4) is 23.0 Å². The number of piperazine rings is 1. The number of ether oxygens (including phenoxy) is 4. The van der Waals surface area contributed by atoms with E-state index in [2.05, 4.69) is 41.1 Å². The standard InChI is InChI=1S/C46H47N7O6/c1-50-13-15-51(16-14-50)34-11-7-30(8-12-34)32-20-36-26-49-40-24-44(42(57-3)22-38(40)46(55)53(36)28-32)59-18-4-17-58-43-23-39-37(21-41(43)56-2)45(54)52-27-31(19-35(52)25-48-39)29-5-9-33(47)10-6-29/h5-12,21-28,35-36H,4,13-20,47H2,1-3H3/t35?,36-/m1/s1. The van der Waals surface area contributed by atoms with Crippen molar-refractivity contribution in [2.75, 3.05) is 71.3 Å². The highest BCUT2D eigenvalue weighted by atomic mass is 16.5. The first-order chi connectivity index (χ1) is 28.8. The van der Waals surface area contributed by atoms with E-state index < -0.39 is 0 Å². The lowest BCUT2D eigenvalue weighted by Crippen LogP contribution is -2.44. The van der Waals surface area contributed by atoms with E-state index in [9.17, 15) is 9.59 Å². The average Bonchev–Trinajstić information content (AvgIpc) is 3.84. The summed E-state index contributed by atoms with van der Waals surface area (Å²) in [4.78, 5) is 45.4. The van der Waals surface area contributed by atoms with Crippen molar-refractivity contribution in [1.29, 1.82) is 0 Å². The summed E-state index contributed by atoms with van der Waals surface area (Å²) in [5.74, 6) is 1.55. The van der Waals surface area contributed by atoms with Crippen LogP contribution in [0.15, 0.2) is 95.2 Å². The maximum Gasteiger partial charge on any atom is 0.260 e. The van der Waals surface area contributed by atoms with Crippen LogP contribution in [0.1, 0.15) is 51.1 Å². The third kappa shape index (κ3) is 7.49. The van der Waals surface area contributed by atoms with E-state index in [-0.39, 0.29) is 23.9 Å². The normalized spacial score (nSPS) is 19.6. The molecular weight excluding hydrogens is 747 g/mol. The Morgan fingerprint density at radius 3 is 1.59 bits per heavy atom. The zero-order valence-electron chi connectivity index (χ0n) is 33.5. The minimum absolute atomic E-state index is 0.134. The molecule has 4 aromatic carbocycles. The molecule has 9 rings (SSSR count). The highest BCUT2D eigenvalue weighted by Crippen LogP contribution is 2.42. The van der Waals surface area contributed by atoms with E-state index in [0.717, 1.165) is 48.5 Å². The lowest BCUT2D eigenvalue weighted by atomic mass is 10.0. The van der Waals surface area contributed by atoms with Crippen molar-refractivity contribution in [1.82, 2.24) is 14.7 Å². The van der Waals surface area contributed by atoms with Crippen molar-refractivity contribution in [2.45, 2.75) is 31.3 Å². The van der Waals surface area contributed by atoms with E-state index in [4.69, 9.17) is 34.7 Å². The Hall–Kier alpha value is -6.60. The molecule has 0 aliphatic carbocycles. The fourth-order valence-electron chi connectivity index (χ4n) is 8.21. The first kappa shape index (κ1) is 37.9. The highest BCUT2D eigenvalue weighted by molar-refractivity contribution is 6.06. The third-order valence-corrected chi connectivity index (χ3v) is 11.6. The van der Waals surface area contributed by atoms with Gasteiger partial charge in [0.1, 0.15) is 0 Å². The van der Waals surface area contributed by atoms with Gasteiger partial charge in [-0.05, 0) is 65.7 Å². The Morgan fingerprint density at radius 1 is 0.644 bits per heavy atom. The molecule has 2 amide bonds. The number of nitrogen functional groups attached to an aromatic ring is 1. The molecule has 2 N–H and O–H groups in total. The maximum atomic E-state index is 13.9. The fourth-order valence-corrected chi connectivity index (χ4v) is 8.21. The monoisotopic (exact) mass is 793 g/mol. The predicted octanol–water partition coefficient (Wildman–Crippen LogP) is 6.83. The summed E-state index contributed by atoms with van der Waals surface area (Å²) in [6, 6.07) is 22.8. The van der Waals surface area contributed by atoms with Gasteiger partial charge in [0.05, 0.1) is 62.0 Å². The number of rotatable bonds is 11. The minimum atomic E-state index is -0.202. The summed E-state index contributed by atoms with van der Waals surface area (Å²) in [6.07, 6.45) is 9.36. The van der Waals surface area contributed by atoms with Crippen LogP contribution in [0.3, 0.4) is 0 Å². The zero-order valence-corrected chi connectivity index (χ0v) is 33.5. The number of carbonyl (C=O) groups is 2. The predicted molar refractivity (Wildman–Crippen MR) is 230 cm³/mol. The van der Waals surface area contributed by atoms with E-state index >= 15 is 0 Å². The second-order valence-electron chi connectivity index (χ2n) is 15.4. The molecule has 1 fully saturated rings. The van der Waals surface area contributed by atoms with Crippen LogP contribution in [0.2, 0.25) is 0 Å². The maximum absolute atomic E-state index is 13.9. The van der Waals surface area contributed by atoms with Crippen molar-refractivity contribution in [3.05, 3.63) is 107 Å². The molecule has 302 valence electrons. The number of nitrogens with zero attached hydrogens (tertiary/aromatic N) is 6. The van der Waals surface area contributed by atoms with Gasteiger partial charge < -0.3 is 44.3 Å². The lowest BCUT2D eigenvalue weighted by Gasteiger charge is -2.34. The van der Waals surface area contributed by atoms with Crippen LogP contribution in [0, 0.1) is 0 Å². The van der Waals surface area contributed by atoms with Gasteiger partial charge in [-0.1, -0.05) is 24.3 Å². The van der Waals surface area contributed by atoms with Crippen LogP contribution in [-0.2, 0) is 0 Å². The second kappa shape index (κ2) is 16.0. The number of carbonyl (C=O) groups excluding carboxylic acids is 2. The van der Waals surface area contributed by atoms with E-state index in [0.29, 0.717) is 83.7 Å². The number of anilines is 2. The molecule has 5 aliphatic heterocycles. The van der Waals surface area contributed by atoms with E-state index in [1.807, 2.05) is 49.1 Å². The number of likely N-dealkylation sites (N-methyl/N-ethyl adjacent to an activating group) is 1. The minimum Gasteiger partial charge on any atom is -0.493 e. The molecule has 0 saturated carbocycles. The van der Waals surface area contributed by atoms with Gasteiger partial charge in [0.2, 0.25) is 0 Å². The summed E-state index contributed by atoms with van der Waals surface area (Å²) in [7, 11) is 5.26. The molecule has 0 radical (unpaired) electrons. The van der Waals surface area contributed by atoms with Gasteiger partial charge in [-0.2, -0.15) is 0 Å². The SMILES string of the molecule is COc1cc2c(cc1OCCCOc1cc3c(cc1OC)C(=O)N1C=C(c4ccc(N5CCN(C)CC5)cc4)C[C@@H]1C=N3)N=CC1CC(c3ccc(N)cc3)=CN1C2=O. The number of fused-ring (bicyclic) bond motifs is 4. The lowest BCUT2D eigenvalue weighted by molar-refractivity contribution is 0.0809. The molecule has 0 bridgehead atoms. The summed E-state index contributed by atoms with van der Waals surface area (Å²) in [6.45, 7) is 4.77. The number of hydrogen-bond acceptors (Lipinski definition) is 11. The zero-order chi connectivity index (χ0) is 40.6. The number of benzene rings is 4. The molecule has 1 saturated heterocycles. The van der Waals surface area contributed by atoms with Crippen molar-refractivity contribution in [3.63, 3.8) is 0 Å². The quantitative estimate of drug-likeness (QED) is 0.128. The van der Waals surface area contributed by atoms with E-state index in [1.165, 1.54) is 5.69 Å². The van der Waals surface area contributed by atoms with E-state index in [1.54, 1.807) is 48.3 Å². The number of amides is 2. The molecule has 4 aromatic rings. The molecule has 5 heterocycles. The number of hydrogen-bond donors (Lipinski definition) is 1. The Morgan fingerprint density at radius 2 is 1.12 bits per heavy atom. The van der Waals surface area contributed by atoms with Gasteiger partial charge in [-0.3, -0.25) is 19.6 Å². The summed E-state index contributed by atoms with van der Waals surface area (Å²) < 4.78 is 23.6. The van der Waals surface area contributed by atoms with Crippen molar-refractivity contribution >= 4 is 58.1 Å². The smallest absolute Gasteiger partial charge is 0.260 e. The molecule has 0 spiro atoms. The van der Waals surface area contributed by atoms with Crippen molar-refractivity contribution in [2.24, 2.45) is 9.98 Å². The average molecular weight is 794 g/mol. The highest BCUT2D eigenvalue weighted by Gasteiger charge is 2.35. The topological polar surface area (TPSA) is 135 Å². The Kier molecular flexibility index (Phi) is 10.3. The van der Waals surface area contributed by atoms with Gasteiger partial charge in [-0.25, -0.2) is 0 Å². The molecule has 59 heavy (non-hydrogen) atoms. The third-order valence-electron chi connectivity index (χ3n) is 11.6. The van der Waals surface area contributed by atoms with Crippen LogP contribution in [0.5, 0.6) is 23.0 Å². The van der Waals surface area contributed by atoms with Gasteiger partial charge in [-0.15, -0.1) is 0 Å². The Labute approximate surface area is 343 Å². The van der Waals surface area contributed by atoms with Gasteiger partial charge in [0, 0.05) is 93.8 Å². The largest absolute Gasteiger partial charge is 0.493 e. The van der Waals surface area contributed by atoms with Crippen LogP contribution in [0.25, 0.3) is 11.1 Å².